The third-order valence-electron chi connectivity index (χ3n) is 4.75. The number of hydrogen-bond acceptors (Lipinski definition) is 2. The second kappa shape index (κ2) is 6.56. The monoisotopic (exact) mass is 263 g/mol. The van der Waals surface area contributed by atoms with Crippen molar-refractivity contribution in [2.75, 3.05) is 13.1 Å². The largest absolute Gasteiger partial charge is 0.317 e. The molecule has 0 aliphatic heterocycles. The average molecular weight is 263 g/mol. The minimum atomic E-state index is 0.640. The highest BCUT2D eigenvalue weighted by Crippen LogP contribution is 2.42. The van der Waals surface area contributed by atoms with Crippen molar-refractivity contribution < 1.29 is 0 Å². The lowest BCUT2D eigenvalue weighted by Gasteiger charge is -2.37. The van der Waals surface area contributed by atoms with Crippen LogP contribution in [0.1, 0.15) is 51.6 Å². The highest BCUT2D eigenvalue weighted by molar-refractivity contribution is 5.10. The summed E-state index contributed by atoms with van der Waals surface area (Å²) in [7, 11) is 2.02. The zero-order valence-corrected chi connectivity index (χ0v) is 12.9. The van der Waals surface area contributed by atoms with Gasteiger partial charge < -0.3 is 5.32 Å². The van der Waals surface area contributed by atoms with Gasteiger partial charge in [-0.25, -0.2) is 0 Å². The van der Waals surface area contributed by atoms with E-state index in [-0.39, 0.29) is 0 Å². The first-order valence-electron chi connectivity index (χ1n) is 7.82. The van der Waals surface area contributed by atoms with Crippen molar-refractivity contribution in [2.24, 2.45) is 24.8 Å². The van der Waals surface area contributed by atoms with Crippen LogP contribution in [0.2, 0.25) is 0 Å². The Balaban J connectivity index is 2.10. The molecule has 1 aliphatic carbocycles. The van der Waals surface area contributed by atoms with Gasteiger partial charge in [-0.15, -0.1) is 0 Å². The molecule has 0 bridgehead atoms. The molecule has 3 nitrogen and oxygen atoms in total. The molecule has 1 fully saturated rings. The molecule has 3 unspecified atom stereocenters. The van der Waals surface area contributed by atoms with Crippen LogP contribution in [0.3, 0.4) is 0 Å². The summed E-state index contributed by atoms with van der Waals surface area (Å²) in [6.45, 7) is 9.13. The van der Waals surface area contributed by atoms with Crippen LogP contribution in [0.15, 0.2) is 12.3 Å². The smallest absolute Gasteiger partial charge is 0.0658 e. The number of aryl methyl sites for hydroxylation is 1. The molecule has 1 N–H and O–H groups in total. The lowest BCUT2D eigenvalue weighted by molar-refractivity contribution is 0.188. The van der Waals surface area contributed by atoms with Gasteiger partial charge in [0.15, 0.2) is 0 Å². The minimum Gasteiger partial charge on any atom is -0.317 e. The molecule has 1 heterocycles. The SMILES string of the molecule is CCNCC1CCC(C(C)C)CC1c1ccn(C)n1. The standard InChI is InChI=1S/C16H29N3/c1-5-17-11-14-7-6-13(12(2)3)10-15(14)16-8-9-19(4)18-16/h8-9,12-15,17H,5-7,10-11H2,1-4H3. The molecule has 2 rings (SSSR count). The summed E-state index contributed by atoms with van der Waals surface area (Å²) in [5.74, 6) is 3.06. The van der Waals surface area contributed by atoms with Gasteiger partial charge in [0, 0.05) is 19.2 Å². The summed E-state index contributed by atoms with van der Waals surface area (Å²) < 4.78 is 1.94. The van der Waals surface area contributed by atoms with Gasteiger partial charge in [-0.2, -0.15) is 5.10 Å². The molecule has 3 heteroatoms. The Kier molecular flexibility index (Phi) is 5.03. The van der Waals surface area contributed by atoms with Gasteiger partial charge in [0.25, 0.3) is 0 Å². The Morgan fingerprint density at radius 2 is 2.21 bits per heavy atom. The van der Waals surface area contributed by atoms with E-state index in [4.69, 9.17) is 0 Å². The fourth-order valence-electron chi connectivity index (χ4n) is 3.44. The summed E-state index contributed by atoms with van der Waals surface area (Å²) in [5.41, 5.74) is 1.30. The zero-order valence-electron chi connectivity index (χ0n) is 12.9. The first kappa shape index (κ1) is 14.6. The Labute approximate surface area is 117 Å². The molecule has 19 heavy (non-hydrogen) atoms. The van der Waals surface area contributed by atoms with Crippen LogP contribution in [0.25, 0.3) is 0 Å². The summed E-state index contributed by atoms with van der Waals surface area (Å²) >= 11 is 0. The first-order valence-corrected chi connectivity index (χ1v) is 7.82. The number of nitrogens with zero attached hydrogens (tertiary/aromatic N) is 2. The van der Waals surface area contributed by atoms with Gasteiger partial charge in [0.2, 0.25) is 0 Å². The van der Waals surface area contributed by atoms with Crippen LogP contribution >= 0.6 is 0 Å². The van der Waals surface area contributed by atoms with E-state index in [1.165, 1.54) is 25.0 Å². The second-order valence-corrected chi connectivity index (χ2v) is 6.41. The van der Waals surface area contributed by atoms with Gasteiger partial charge in [0.05, 0.1) is 5.69 Å². The fraction of sp³-hybridized carbons (Fsp3) is 0.812. The van der Waals surface area contributed by atoms with Crippen molar-refractivity contribution in [3.63, 3.8) is 0 Å². The maximum atomic E-state index is 4.68. The van der Waals surface area contributed by atoms with E-state index in [2.05, 4.69) is 43.4 Å². The van der Waals surface area contributed by atoms with Crippen LogP contribution in [0.4, 0.5) is 0 Å². The minimum absolute atomic E-state index is 0.640. The normalized spacial score (nSPS) is 27.9. The molecule has 0 radical (unpaired) electrons. The van der Waals surface area contributed by atoms with Crippen molar-refractivity contribution in [3.05, 3.63) is 18.0 Å². The van der Waals surface area contributed by atoms with E-state index in [0.29, 0.717) is 5.92 Å². The highest BCUT2D eigenvalue weighted by Gasteiger charge is 2.33. The van der Waals surface area contributed by atoms with E-state index < -0.39 is 0 Å². The molecule has 108 valence electrons. The predicted molar refractivity (Wildman–Crippen MR) is 80.2 cm³/mol. The maximum Gasteiger partial charge on any atom is 0.0658 e. The quantitative estimate of drug-likeness (QED) is 0.884. The van der Waals surface area contributed by atoms with Gasteiger partial charge in [-0.3, -0.25) is 4.68 Å². The summed E-state index contributed by atoms with van der Waals surface area (Å²) in [6.07, 6.45) is 6.12. The van der Waals surface area contributed by atoms with E-state index in [1.807, 2.05) is 11.7 Å². The van der Waals surface area contributed by atoms with Crippen LogP contribution in [-0.2, 0) is 7.05 Å². The Morgan fingerprint density at radius 3 is 2.79 bits per heavy atom. The van der Waals surface area contributed by atoms with E-state index in [1.54, 1.807) is 0 Å². The van der Waals surface area contributed by atoms with Crippen molar-refractivity contribution in [2.45, 2.75) is 46.0 Å². The zero-order chi connectivity index (χ0) is 13.8. The molecule has 0 aromatic carbocycles. The average Bonchev–Trinajstić information content (AvgIpc) is 2.82. The van der Waals surface area contributed by atoms with Gasteiger partial charge in [-0.1, -0.05) is 20.8 Å². The van der Waals surface area contributed by atoms with E-state index in [9.17, 15) is 0 Å². The highest BCUT2D eigenvalue weighted by atomic mass is 15.2. The van der Waals surface area contributed by atoms with Crippen molar-refractivity contribution >= 4 is 0 Å². The first-order chi connectivity index (χ1) is 9.11. The van der Waals surface area contributed by atoms with Crippen LogP contribution in [-0.4, -0.2) is 22.9 Å². The van der Waals surface area contributed by atoms with Gasteiger partial charge in [-0.05, 0) is 56.2 Å². The number of hydrogen-bond donors (Lipinski definition) is 1. The summed E-state index contributed by atoms with van der Waals surface area (Å²) in [4.78, 5) is 0. The van der Waals surface area contributed by atoms with Crippen LogP contribution in [0, 0.1) is 17.8 Å². The molecule has 0 amide bonds. The van der Waals surface area contributed by atoms with Gasteiger partial charge in [0.1, 0.15) is 0 Å². The molecule has 3 atom stereocenters. The van der Waals surface area contributed by atoms with Crippen molar-refractivity contribution in [1.82, 2.24) is 15.1 Å². The van der Waals surface area contributed by atoms with Crippen LogP contribution < -0.4 is 5.32 Å². The number of aromatic nitrogens is 2. The topological polar surface area (TPSA) is 29.9 Å². The maximum absolute atomic E-state index is 4.68. The molecule has 1 aromatic heterocycles. The van der Waals surface area contributed by atoms with Crippen molar-refractivity contribution in [1.29, 1.82) is 0 Å². The third kappa shape index (κ3) is 3.59. The molecule has 1 saturated carbocycles. The van der Waals surface area contributed by atoms with Crippen molar-refractivity contribution in [3.8, 4) is 0 Å². The van der Waals surface area contributed by atoms with E-state index >= 15 is 0 Å². The lowest BCUT2D eigenvalue weighted by atomic mass is 9.69. The Hall–Kier alpha value is -0.830. The predicted octanol–water partition coefficient (Wildman–Crippen LogP) is 3.19. The molecule has 1 aromatic rings. The lowest BCUT2D eigenvalue weighted by Crippen LogP contribution is -2.33. The molecular formula is C16H29N3. The number of rotatable bonds is 5. The molecule has 0 spiro atoms. The summed E-state index contributed by atoms with van der Waals surface area (Å²) in [5, 5.41) is 8.21. The Morgan fingerprint density at radius 1 is 1.42 bits per heavy atom. The second-order valence-electron chi connectivity index (χ2n) is 6.41. The number of nitrogens with one attached hydrogen (secondary N) is 1. The molecular weight excluding hydrogens is 234 g/mol. The molecule has 1 aliphatic rings. The van der Waals surface area contributed by atoms with Gasteiger partial charge >= 0.3 is 0 Å². The fourth-order valence-corrected chi connectivity index (χ4v) is 3.44. The Bertz CT molecular complexity index is 383. The third-order valence-corrected chi connectivity index (χ3v) is 4.75. The van der Waals surface area contributed by atoms with Crippen LogP contribution in [0.5, 0.6) is 0 Å². The molecule has 0 saturated heterocycles. The van der Waals surface area contributed by atoms with E-state index in [0.717, 1.165) is 30.8 Å². The summed E-state index contributed by atoms with van der Waals surface area (Å²) in [6, 6.07) is 2.21.